The molecule has 0 spiro atoms. The first-order chi connectivity index (χ1) is 14.5. The first kappa shape index (κ1) is 20.3. The number of esters is 1. The van der Waals surface area contributed by atoms with Gasteiger partial charge in [0.25, 0.3) is 5.91 Å². The van der Waals surface area contributed by atoms with Crippen LogP contribution in [0, 0.1) is 5.92 Å². The lowest BCUT2D eigenvalue weighted by atomic mass is 9.84. The maximum Gasteiger partial charge on any atom is 0.339 e. The van der Waals surface area contributed by atoms with E-state index in [2.05, 4.69) is 6.92 Å². The molecule has 1 aromatic carbocycles. The highest BCUT2D eigenvalue weighted by Gasteiger charge is 2.32. The zero-order chi connectivity index (χ0) is 21.3. The van der Waals surface area contributed by atoms with Crippen molar-refractivity contribution in [2.75, 3.05) is 13.2 Å². The van der Waals surface area contributed by atoms with Gasteiger partial charge in [0.05, 0.1) is 11.1 Å². The normalized spacial score (nSPS) is 21.2. The van der Waals surface area contributed by atoms with Crippen molar-refractivity contribution < 1.29 is 19.1 Å². The van der Waals surface area contributed by atoms with Gasteiger partial charge in [-0.3, -0.25) is 14.6 Å². The zero-order valence-electron chi connectivity index (χ0n) is 17.2. The Balaban J connectivity index is 1.58. The van der Waals surface area contributed by atoms with E-state index in [1.165, 1.54) is 4.90 Å². The second-order valence-corrected chi connectivity index (χ2v) is 8.35. The van der Waals surface area contributed by atoms with Crippen molar-refractivity contribution in [1.29, 1.82) is 0 Å². The Morgan fingerprint density at radius 3 is 2.80 bits per heavy atom. The molecule has 1 aliphatic carbocycles. The number of amides is 2. The molecule has 2 atom stereocenters. The maximum absolute atomic E-state index is 13.1. The lowest BCUT2D eigenvalue weighted by molar-refractivity contribution is -0.143. The van der Waals surface area contributed by atoms with Gasteiger partial charge in [-0.1, -0.05) is 25.1 Å². The Hall–Kier alpha value is -2.96. The van der Waals surface area contributed by atoms with Crippen LogP contribution in [-0.4, -0.2) is 46.9 Å². The van der Waals surface area contributed by atoms with E-state index in [0.717, 1.165) is 54.3 Å². The first-order valence-electron chi connectivity index (χ1n) is 10.6. The number of carbonyl (C=O) groups is 3. The molecule has 2 aromatic rings. The Morgan fingerprint density at radius 1 is 1.20 bits per heavy atom. The molecule has 1 aliphatic heterocycles. The highest BCUT2D eigenvalue weighted by molar-refractivity contribution is 6.05. The van der Waals surface area contributed by atoms with Crippen LogP contribution in [0.1, 0.15) is 54.2 Å². The van der Waals surface area contributed by atoms with Crippen LogP contribution in [0.2, 0.25) is 0 Å². The minimum Gasteiger partial charge on any atom is -0.452 e. The molecule has 0 saturated carbocycles. The quantitative estimate of drug-likeness (QED) is 0.781. The van der Waals surface area contributed by atoms with E-state index in [0.29, 0.717) is 24.4 Å². The van der Waals surface area contributed by atoms with Crippen molar-refractivity contribution in [1.82, 2.24) is 9.88 Å². The molecule has 0 unspecified atom stereocenters. The van der Waals surface area contributed by atoms with Gasteiger partial charge < -0.3 is 15.4 Å². The number of rotatable bonds is 4. The molecule has 0 radical (unpaired) electrons. The predicted octanol–water partition coefficient (Wildman–Crippen LogP) is 2.38. The van der Waals surface area contributed by atoms with Gasteiger partial charge in [0, 0.05) is 17.6 Å². The molecule has 4 rings (SSSR count). The minimum atomic E-state index is -0.625. The number of para-hydroxylation sites is 1. The molecule has 7 heteroatoms. The monoisotopic (exact) mass is 409 g/mol. The summed E-state index contributed by atoms with van der Waals surface area (Å²) >= 11 is 0. The van der Waals surface area contributed by atoms with Crippen LogP contribution in [0.5, 0.6) is 0 Å². The van der Waals surface area contributed by atoms with Gasteiger partial charge >= 0.3 is 5.97 Å². The summed E-state index contributed by atoms with van der Waals surface area (Å²) in [7, 11) is 0. The van der Waals surface area contributed by atoms with Crippen LogP contribution in [-0.2, 0) is 27.2 Å². The Labute approximate surface area is 175 Å². The third kappa shape index (κ3) is 3.88. The number of hydrogen-bond acceptors (Lipinski definition) is 5. The largest absolute Gasteiger partial charge is 0.452 e. The van der Waals surface area contributed by atoms with Crippen LogP contribution in [0.25, 0.3) is 10.9 Å². The number of carbonyl (C=O) groups excluding carboxylic acids is 3. The van der Waals surface area contributed by atoms with Crippen LogP contribution in [0.3, 0.4) is 0 Å². The third-order valence-corrected chi connectivity index (χ3v) is 6.19. The summed E-state index contributed by atoms with van der Waals surface area (Å²) in [4.78, 5) is 43.7. The minimum absolute atomic E-state index is 0.382. The number of ether oxygens (including phenoxy) is 1. The highest BCUT2D eigenvalue weighted by Crippen LogP contribution is 2.32. The lowest BCUT2D eigenvalue weighted by Gasteiger charge is -2.33. The number of hydrogen-bond donors (Lipinski definition) is 1. The maximum atomic E-state index is 13.1. The average Bonchev–Trinajstić information content (AvgIpc) is 2.75. The molecule has 7 nitrogen and oxygen atoms in total. The molecular formula is C23H27N3O4. The predicted molar refractivity (Wildman–Crippen MR) is 112 cm³/mol. The first-order valence-corrected chi connectivity index (χ1v) is 10.6. The smallest absolute Gasteiger partial charge is 0.339 e. The van der Waals surface area contributed by atoms with Gasteiger partial charge in [-0.15, -0.1) is 0 Å². The molecule has 2 heterocycles. The van der Waals surface area contributed by atoms with E-state index in [1.54, 1.807) is 0 Å². The fourth-order valence-corrected chi connectivity index (χ4v) is 4.60. The summed E-state index contributed by atoms with van der Waals surface area (Å²) in [5.41, 5.74) is 8.59. The second kappa shape index (κ2) is 8.42. The average molecular weight is 409 g/mol. The van der Waals surface area contributed by atoms with Crippen LogP contribution in [0.4, 0.5) is 0 Å². The summed E-state index contributed by atoms with van der Waals surface area (Å²) in [6.45, 7) is 2.22. The molecule has 1 aromatic heterocycles. The van der Waals surface area contributed by atoms with Crippen LogP contribution < -0.4 is 5.73 Å². The van der Waals surface area contributed by atoms with Gasteiger partial charge in [-0.25, -0.2) is 4.79 Å². The van der Waals surface area contributed by atoms with Crippen molar-refractivity contribution in [3.8, 4) is 0 Å². The van der Waals surface area contributed by atoms with E-state index in [4.69, 9.17) is 15.5 Å². The molecular weight excluding hydrogens is 382 g/mol. The van der Waals surface area contributed by atoms with Gasteiger partial charge in [0.1, 0.15) is 6.04 Å². The highest BCUT2D eigenvalue weighted by atomic mass is 16.5. The Morgan fingerprint density at radius 2 is 2.00 bits per heavy atom. The molecule has 158 valence electrons. The van der Waals surface area contributed by atoms with E-state index in [-0.39, 0.29) is 5.91 Å². The Kier molecular flexibility index (Phi) is 5.70. The number of nitrogens with two attached hydrogens (primary N) is 1. The topological polar surface area (TPSA) is 103 Å². The number of aryl methyl sites for hydroxylation is 1. The number of likely N-dealkylation sites (tertiary alicyclic amines) is 1. The van der Waals surface area contributed by atoms with Crippen molar-refractivity contribution in [2.45, 2.75) is 51.5 Å². The van der Waals surface area contributed by atoms with Crippen LogP contribution >= 0.6 is 0 Å². The standard InChI is InChI=1S/C23H27N3O4/c1-14-9-10-18-16(12-14)21(15-6-2-3-7-17(15)25-18)23(29)30-13-20(27)26-11-5-4-8-19(26)22(24)28/h2-3,6-7,14,19H,4-5,8-13H2,1H3,(H2,24,28)/t14-,19+/m1/s1. The number of aromatic nitrogens is 1. The van der Waals surface area contributed by atoms with Crippen molar-refractivity contribution in [3.05, 3.63) is 41.1 Å². The summed E-state index contributed by atoms with van der Waals surface area (Å²) in [6, 6.07) is 6.90. The number of piperidine rings is 1. The molecule has 30 heavy (non-hydrogen) atoms. The molecule has 1 fully saturated rings. The summed E-state index contributed by atoms with van der Waals surface area (Å²) in [5.74, 6) is -0.955. The van der Waals surface area contributed by atoms with E-state index < -0.39 is 24.5 Å². The second-order valence-electron chi connectivity index (χ2n) is 8.35. The van der Waals surface area contributed by atoms with Crippen LogP contribution in [0.15, 0.2) is 24.3 Å². The molecule has 2 aliphatic rings. The molecule has 2 amide bonds. The van der Waals surface area contributed by atoms with E-state index in [9.17, 15) is 14.4 Å². The number of fused-ring (bicyclic) bond motifs is 2. The molecule has 0 bridgehead atoms. The third-order valence-electron chi connectivity index (χ3n) is 6.19. The lowest BCUT2D eigenvalue weighted by Crippen LogP contribution is -2.51. The summed E-state index contributed by atoms with van der Waals surface area (Å²) in [6.07, 6.45) is 4.84. The number of pyridine rings is 1. The van der Waals surface area contributed by atoms with Gasteiger partial charge in [-0.05, 0) is 56.1 Å². The van der Waals surface area contributed by atoms with Gasteiger partial charge in [-0.2, -0.15) is 0 Å². The van der Waals surface area contributed by atoms with E-state index >= 15 is 0 Å². The number of primary amides is 1. The summed E-state index contributed by atoms with van der Waals surface area (Å²) < 4.78 is 5.47. The fraction of sp³-hybridized carbons (Fsp3) is 0.478. The number of benzene rings is 1. The Bertz CT molecular complexity index is 1000. The van der Waals surface area contributed by atoms with E-state index in [1.807, 2.05) is 24.3 Å². The number of nitrogens with zero attached hydrogens (tertiary/aromatic N) is 2. The van der Waals surface area contributed by atoms with Crippen molar-refractivity contribution >= 4 is 28.7 Å². The van der Waals surface area contributed by atoms with Gasteiger partial charge in [0.2, 0.25) is 5.91 Å². The summed E-state index contributed by atoms with van der Waals surface area (Å²) in [5, 5.41) is 0.746. The van der Waals surface area contributed by atoms with Crippen molar-refractivity contribution in [3.63, 3.8) is 0 Å². The van der Waals surface area contributed by atoms with Gasteiger partial charge in [0.15, 0.2) is 6.61 Å². The molecule has 1 saturated heterocycles. The fourth-order valence-electron chi connectivity index (χ4n) is 4.60. The zero-order valence-corrected chi connectivity index (χ0v) is 17.2. The molecule has 2 N–H and O–H groups in total. The SMILES string of the molecule is C[C@@H]1CCc2nc3ccccc3c(C(=O)OCC(=O)N3CCCC[C@H]3C(N)=O)c2C1. The van der Waals surface area contributed by atoms with Crippen molar-refractivity contribution in [2.24, 2.45) is 11.7 Å².